The molecule has 1 amide bonds. The predicted molar refractivity (Wildman–Crippen MR) is 86.2 cm³/mol. The fourth-order valence-corrected chi connectivity index (χ4v) is 2.48. The van der Waals surface area contributed by atoms with E-state index in [4.69, 9.17) is 14.6 Å². The maximum Gasteiger partial charge on any atom is 0.334 e. The highest BCUT2D eigenvalue weighted by molar-refractivity contribution is 5.95. The van der Waals surface area contributed by atoms with E-state index in [9.17, 15) is 9.59 Å². The smallest absolute Gasteiger partial charge is 0.334 e. The van der Waals surface area contributed by atoms with E-state index in [1.165, 1.54) is 4.90 Å². The molecule has 1 saturated heterocycles. The summed E-state index contributed by atoms with van der Waals surface area (Å²) in [5.41, 5.74) is 0.453. The first-order valence-corrected chi connectivity index (χ1v) is 7.60. The van der Waals surface area contributed by atoms with E-state index in [0.29, 0.717) is 23.6 Å². The average molecular weight is 327 g/mol. The Morgan fingerprint density at radius 1 is 1.08 bits per heavy atom. The summed E-state index contributed by atoms with van der Waals surface area (Å²) in [7, 11) is 0. The minimum Gasteiger partial charge on any atom is -0.479 e. The molecule has 0 aromatic heterocycles. The molecule has 2 aromatic carbocycles. The van der Waals surface area contributed by atoms with Gasteiger partial charge in [-0.25, -0.2) is 4.79 Å². The summed E-state index contributed by atoms with van der Waals surface area (Å²) in [5, 5.41) is 9.03. The summed E-state index contributed by atoms with van der Waals surface area (Å²) in [6.45, 7) is 0.618. The topological polar surface area (TPSA) is 76.1 Å². The summed E-state index contributed by atoms with van der Waals surface area (Å²) in [5.74, 6) is -0.0637. The third kappa shape index (κ3) is 3.72. The van der Waals surface area contributed by atoms with Crippen LogP contribution >= 0.6 is 0 Å². The first kappa shape index (κ1) is 16.0. The van der Waals surface area contributed by atoms with Crippen molar-refractivity contribution in [2.75, 3.05) is 19.7 Å². The minimum absolute atomic E-state index is 0.0396. The molecule has 0 spiro atoms. The van der Waals surface area contributed by atoms with Gasteiger partial charge in [-0.15, -0.1) is 0 Å². The number of hydrogen-bond acceptors (Lipinski definition) is 4. The highest BCUT2D eigenvalue weighted by Gasteiger charge is 2.29. The van der Waals surface area contributed by atoms with Gasteiger partial charge in [-0.3, -0.25) is 4.79 Å². The van der Waals surface area contributed by atoms with Crippen LogP contribution < -0.4 is 4.74 Å². The normalized spacial score (nSPS) is 17.3. The third-order valence-corrected chi connectivity index (χ3v) is 3.69. The molecule has 1 atom stereocenters. The van der Waals surface area contributed by atoms with Crippen LogP contribution in [0, 0.1) is 0 Å². The number of para-hydroxylation sites is 1. The molecule has 0 bridgehead atoms. The molecule has 1 unspecified atom stereocenters. The van der Waals surface area contributed by atoms with Crippen LogP contribution in [0.2, 0.25) is 0 Å². The number of benzene rings is 2. The molecule has 1 fully saturated rings. The Morgan fingerprint density at radius 2 is 1.83 bits per heavy atom. The molecule has 0 saturated carbocycles. The number of hydrogen-bond donors (Lipinski definition) is 1. The summed E-state index contributed by atoms with van der Waals surface area (Å²) in [6, 6.07) is 16.1. The highest BCUT2D eigenvalue weighted by Crippen LogP contribution is 2.22. The molecule has 2 aromatic rings. The van der Waals surface area contributed by atoms with Gasteiger partial charge >= 0.3 is 5.97 Å². The Kier molecular flexibility index (Phi) is 4.77. The van der Waals surface area contributed by atoms with Gasteiger partial charge in [0, 0.05) is 12.1 Å². The van der Waals surface area contributed by atoms with Crippen molar-refractivity contribution >= 4 is 11.9 Å². The summed E-state index contributed by atoms with van der Waals surface area (Å²) in [6.07, 6.45) is -0.980. The Hall–Kier alpha value is -2.86. The molecular formula is C18H17NO5. The lowest BCUT2D eigenvalue weighted by Crippen LogP contribution is -2.48. The van der Waals surface area contributed by atoms with Crippen molar-refractivity contribution in [1.82, 2.24) is 4.90 Å². The lowest BCUT2D eigenvalue weighted by atomic mass is 10.1. The quantitative estimate of drug-likeness (QED) is 0.933. The van der Waals surface area contributed by atoms with Crippen molar-refractivity contribution in [2.24, 2.45) is 0 Å². The SMILES string of the molecule is O=C(O)C1CN(C(=O)c2cccc(Oc3ccccc3)c2)CCO1. The fourth-order valence-electron chi connectivity index (χ4n) is 2.48. The number of amides is 1. The number of carbonyl (C=O) groups is 2. The maximum absolute atomic E-state index is 12.6. The van der Waals surface area contributed by atoms with Gasteiger partial charge in [-0.1, -0.05) is 24.3 Å². The molecule has 1 aliphatic heterocycles. The molecule has 24 heavy (non-hydrogen) atoms. The van der Waals surface area contributed by atoms with Crippen molar-refractivity contribution in [3.63, 3.8) is 0 Å². The first-order chi connectivity index (χ1) is 11.6. The van der Waals surface area contributed by atoms with Gasteiger partial charge in [-0.2, -0.15) is 0 Å². The van der Waals surface area contributed by atoms with Gasteiger partial charge in [0.05, 0.1) is 13.2 Å². The predicted octanol–water partition coefficient (Wildman–Crippen LogP) is 2.40. The van der Waals surface area contributed by atoms with Crippen molar-refractivity contribution in [1.29, 1.82) is 0 Å². The van der Waals surface area contributed by atoms with Crippen molar-refractivity contribution in [3.8, 4) is 11.5 Å². The van der Waals surface area contributed by atoms with Gasteiger partial charge in [0.1, 0.15) is 11.5 Å². The second kappa shape index (κ2) is 7.14. The maximum atomic E-state index is 12.6. The Labute approximate surface area is 139 Å². The number of carbonyl (C=O) groups excluding carboxylic acids is 1. The molecule has 0 aliphatic carbocycles. The largest absolute Gasteiger partial charge is 0.479 e. The molecule has 0 radical (unpaired) electrons. The monoisotopic (exact) mass is 327 g/mol. The van der Waals surface area contributed by atoms with Gasteiger partial charge in [-0.05, 0) is 30.3 Å². The number of carboxylic acids is 1. The summed E-state index contributed by atoms with van der Waals surface area (Å²) < 4.78 is 10.9. The zero-order valence-corrected chi connectivity index (χ0v) is 12.9. The molecule has 1 heterocycles. The lowest BCUT2D eigenvalue weighted by molar-refractivity contribution is -0.154. The molecule has 124 valence electrons. The van der Waals surface area contributed by atoms with Crippen LogP contribution in [0.4, 0.5) is 0 Å². The molecule has 6 heteroatoms. The molecule has 6 nitrogen and oxygen atoms in total. The Bertz CT molecular complexity index is 731. The van der Waals surface area contributed by atoms with Crippen molar-refractivity contribution < 1.29 is 24.2 Å². The lowest BCUT2D eigenvalue weighted by Gasteiger charge is -2.31. The van der Waals surface area contributed by atoms with Gasteiger partial charge in [0.25, 0.3) is 5.91 Å². The third-order valence-electron chi connectivity index (χ3n) is 3.69. The first-order valence-electron chi connectivity index (χ1n) is 7.60. The van der Waals surface area contributed by atoms with E-state index in [1.807, 2.05) is 30.3 Å². The van der Waals surface area contributed by atoms with Crippen LogP contribution in [-0.4, -0.2) is 47.7 Å². The second-order valence-corrected chi connectivity index (χ2v) is 5.39. The Balaban J connectivity index is 1.73. The minimum atomic E-state index is -1.06. The number of carboxylic acid groups (broad SMARTS) is 1. The van der Waals surface area contributed by atoms with E-state index in [-0.39, 0.29) is 19.1 Å². The van der Waals surface area contributed by atoms with E-state index in [2.05, 4.69) is 0 Å². The van der Waals surface area contributed by atoms with E-state index in [1.54, 1.807) is 24.3 Å². The zero-order chi connectivity index (χ0) is 16.9. The molecule has 3 rings (SSSR count). The van der Waals surface area contributed by atoms with Crippen LogP contribution in [0.15, 0.2) is 54.6 Å². The zero-order valence-electron chi connectivity index (χ0n) is 12.9. The van der Waals surface area contributed by atoms with Gasteiger partial charge < -0.3 is 19.5 Å². The number of morpholine rings is 1. The summed E-state index contributed by atoms with van der Waals surface area (Å²) >= 11 is 0. The second-order valence-electron chi connectivity index (χ2n) is 5.39. The number of ether oxygens (including phenoxy) is 2. The average Bonchev–Trinajstić information content (AvgIpc) is 2.62. The van der Waals surface area contributed by atoms with E-state index in [0.717, 1.165) is 0 Å². The van der Waals surface area contributed by atoms with Gasteiger partial charge in [0.2, 0.25) is 0 Å². The van der Waals surface area contributed by atoms with Gasteiger partial charge in [0.15, 0.2) is 6.10 Å². The summed E-state index contributed by atoms with van der Waals surface area (Å²) in [4.78, 5) is 25.1. The van der Waals surface area contributed by atoms with Crippen molar-refractivity contribution in [3.05, 3.63) is 60.2 Å². The number of nitrogens with zero attached hydrogens (tertiary/aromatic N) is 1. The van der Waals surface area contributed by atoms with Crippen LogP contribution in [0.3, 0.4) is 0 Å². The fraction of sp³-hybridized carbons (Fsp3) is 0.222. The van der Waals surface area contributed by atoms with Crippen LogP contribution in [0.5, 0.6) is 11.5 Å². The van der Waals surface area contributed by atoms with Crippen LogP contribution in [0.1, 0.15) is 10.4 Å². The number of rotatable bonds is 4. The molecule has 1 N–H and O–H groups in total. The molecule has 1 aliphatic rings. The van der Waals surface area contributed by atoms with E-state index < -0.39 is 12.1 Å². The van der Waals surface area contributed by atoms with Crippen LogP contribution in [-0.2, 0) is 9.53 Å². The van der Waals surface area contributed by atoms with Crippen LogP contribution in [0.25, 0.3) is 0 Å². The number of aliphatic carboxylic acids is 1. The highest BCUT2D eigenvalue weighted by atomic mass is 16.5. The molecular weight excluding hydrogens is 310 g/mol. The Morgan fingerprint density at radius 3 is 2.58 bits per heavy atom. The van der Waals surface area contributed by atoms with Crippen molar-refractivity contribution in [2.45, 2.75) is 6.10 Å². The standard InChI is InChI=1S/C18H17NO5/c20-17(19-9-10-23-16(12-19)18(21)22)13-5-4-8-15(11-13)24-14-6-2-1-3-7-14/h1-8,11,16H,9-10,12H2,(H,21,22). The van der Waals surface area contributed by atoms with E-state index >= 15 is 0 Å².